The summed E-state index contributed by atoms with van der Waals surface area (Å²) in [6, 6.07) is 11.7. The number of rotatable bonds is 8. The van der Waals surface area contributed by atoms with E-state index in [4.69, 9.17) is 9.47 Å². The molecule has 0 aromatic heterocycles. The molecule has 2 aromatic carbocycles. The monoisotopic (exact) mass is 434 g/mol. The molecule has 0 saturated heterocycles. The van der Waals surface area contributed by atoms with Crippen LogP contribution in [0.25, 0.3) is 0 Å². The zero-order chi connectivity index (χ0) is 20.0. The Hall–Kier alpha value is -2.21. The summed E-state index contributed by atoms with van der Waals surface area (Å²) in [4.78, 5) is 16.9. The predicted molar refractivity (Wildman–Crippen MR) is 113 cm³/mol. The minimum Gasteiger partial charge on any atom is -0.493 e. The number of carbonyl (C=O) groups excluding carboxylic acids is 1. The Morgan fingerprint density at radius 2 is 1.78 bits per heavy atom. The molecule has 1 amide bonds. The van der Waals surface area contributed by atoms with Gasteiger partial charge in [0.05, 0.1) is 18.2 Å². The van der Waals surface area contributed by atoms with E-state index >= 15 is 0 Å². The van der Waals surface area contributed by atoms with Crippen LogP contribution in [0.1, 0.15) is 29.8 Å². The van der Waals surface area contributed by atoms with Crippen LogP contribution in [0.15, 0.2) is 40.9 Å². The highest BCUT2D eigenvalue weighted by Gasteiger charge is 2.19. The van der Waals surface area contributed by atoms with Crippen LogP contribution >= 0.6 is 15.9 Å². The van der Waals surface area contributed by atoms with Gasteiger partial charge in [-0.25, -0.2) is 0 Å². The van der Waals surface area contributed by atoms with Crippen molar-refractivity contribution in [3.05, 3.63) is 52.0 Å². The number of nitrogens with zero attached hydrogens (tertiary/aromatic N) is 2. The van der Waals surface area contributed by atoms with Crippen molar-refractivity contribution in [2.24, 2.45) is 0 Å². The van der Waals surface area contributed by atoms with Gasteiger partial charge in [-0.15, -0.1) is 0 Å². The Morgan fingerprint density at radius 3 is 2.30 bits per heavy atom. The summed E-state index contributed by atoms with van der Waals surface area (Å²) in [6.07, 6.45) is 0. The number of hydrogen-bond donors (Lipinski definition) is 0. The van der Waals surface area contributed by atoms with Crippen LogP contribution in [0, 0.1) is 0 Å². The van der Waals surface area contributed by atoms with Crippen molar-refractivity contribution in [1.82, 2.24) is 4.90 Å². The lowest BCUT2D eigenvalue weighted by Gasteiger charge is -2.22. The Bertz CT molecular complexity index is 776. The molecular formula is C21H27BrN2O3. The molecule has 6 heteroatoms. The van der Waals surface area contributed by atoms with E-state index in [1.807, 2.05) is 32.8 Å². The normalized spacial score (nSPS) is 10.4. The molecule has 0 fully saturated rings. The Balaban J connectivity index is 2.24. The van der Waals surface area contributed by atoms with Gasteiger partial charge in [-0.05, 0) is 59.6 Å². The summed E-state index contributed by atoms with van der Waals surface area (Å²) in [7, 11) is 5.59. The van der Waals surface area contributed by atoms with Gasteiger partial charge in [0.25, 0.3) is 5.91 Å². The van der Waals surface area contributed by atoms with Crippen molar-refractivity contribution in [1.29, 1.82) is 0 Å². The summed E-state index contributed by atoms with van der Waals surface area (Å²) in [5.74, 6) is 1.11. The van der Waals surface area contributed by atoms with E-state index in [0.717, 1.165) is 11.3 Å². The quantitative estimate of drug-likeness (QED) is 0.609. The molecule has 27 heavy (non-hydrogen) atoms. The number of methoxy groups -OCH3 is 1. The molecule has 0 N–H and O–H groups in total. The summed E-state index contributed by atoms with van der Waals surface area (Å²) >= 11 is 3.49. The lowest BCUT2D eigenvalue weighted by atomic mass is 10.1. The first-order valence-corrected chi connectivity index (χ1v) is 9.76. The van der Waals surface area contributed by atoms with E-state index in [9.17, 15) is 4.79 Å². The molecule has 0 saturated carbocycles. The zero-order valence-electron chi connectivity index (χ0n) is 16.6. The molecule has 0 unspecified atom stereocenters. The third kappa shape index (κ3) is 5.16. The van der Waals surface area contributed by atoms with Gasteiger partial charge in [-0.3, -0.25) is 4.79 Å². The fraction of sp³-hybridized carbons (Fsp3) is 0.381. The average molecular weight is 435 g/mol. The standard InChI is InChI=1S/C21H27BrN2O3/c1-6-24(14-15-8-10-17(11-9-15)23(3)4)21(25)16-12-18(22)20(27-7-2)19(13-16)26-5/h8-13H,6-7,14H2,1-5H3. The highest BCUT2D eigenvalue weighted by atomic mass is 79.9. The molecule has 0 spiro atoms. The Labute approximate surface area is 170 Å². The smallest absolute Gasteiger partial charge is 0.254 e. The van der Waals surface area contributed by atoms with Gasteiger partial charge in [0.1, 0.15) is 0 Å². The second-order valence-electron chi connectivity index (χ2n) is 6.30. The number of carbonyl (C=O) groups is 1. The van der Waals surface area contributed by atoms with Crippen molar-refractivity contribution in [2.45, 2.75) is 20.4 Å². The number of anilines is 1. The van der Waals surface area contributed by atoms with Gasteiger partial charge >= 0.3 is 0 Å². The van der Waals surface area contributed by atoms with Crippen molar-refractivity contribution < 1.29 is 14.3 Å². The number of amides is 1. The van der Waals surface area contributed by atoms with E-state index in [1.165, 1.54) is 0 Å². The van der Waals surface area contributed by atoms with E-state index < -0.39 is 0 Å². The van der Waals surface area contributed by atoms with Crippen LogP contribution < -0.4 is 14.4 Å². The molecule has 0 bridgehead atoms. The molecule has 146 valence electrons. The molecule has 0 atom stereocenters. The van der Waals surface area contributed by atoms with Crippen molar-refractivity contribution in [2.75, 3.05) is 39.3 Å². The predicted octanol–water partition coefficient (Wildman–Crippen LogP) is 4.58. The van der Waals surface area contributed by atoms with Crippen LogP contribution in [-0.4, -0.2) is 45.2 Å². The first kappa shape index (κ1) is 21.1. The molecule has 5 nitrogen and oxygen atoms in total. The van der Waals surface area contributed by atoms with Crippen molar-refractivity contribution in [3.8, 4) is 11.5 Å². The molecule has 0 heterocycles. The minimum absolute atomic E-state index is 0.0452. The van der Waals surface area contributed by atoms with E-state index in [1.54, 1.807) is 19.2 Å². The molecule has 0 aliphatic heterocycles. The molecule has 2 aromatic rings. The highest BCUT2D eigenvalue weighted by Crippen LogP contribution is 2.37. The van der Waals surface area contributed by atoms with Crippen LogP contribution in [0.2, 0.25) is 0 Å². The van der Waals surface area contributed by atoms with Gasteiger partial charge < -0.3 is 19.3 Å². The third-order valence-electron chi connectivity index (χ3n) is 4.26. The first-order chi connectivity index (χ1) is 12.9. The molecule has 0 radical (unpaired) electrons. The SMILES string of the molecule is CCOc1c(Br)cc(C(=O)N(CC)Cc2ccc(N(C)C)cc2)cc1OC. The number of ether oxygens (including phenoxy) is 2. The Morgan fingerprint density at radius 1 is 1.11 bits per heavy atom. The largest absolute Gasteiger partial charge is 0.493 e. The minimum atomic E-state index is -0.0452. The summed E-state index contributed by atoms with van der Waals surface area (Å²) in [6.45, 7) is 5.57. The fourth-order valence-electron chi connectivity index (χ4n) is 2.76. The van der Waals surface area contributed by atoms with Crippen molar-refractivity contribution in [3.63, 3.8) is 0 Å². The molecule has 0 aliphatic carbocycles. The van der Waals surface area contributed by atoms with E-state index in [2.05, 4.69) is 45.1 Å². The Kier molecular flexibility index (Phi) is 7.54. The second kappa shape index (κ2) is 9.65. The van der Waals surface area contributed by atoms with Crippen molar-refractivity contribution >= 4 is 27.5 Å². The topological polar surface area (TPSA) is 42.0 Å². The van der Waals surface area contributed by atoms with Crippen LogP contribution in [0.3, 0.4) is 0 Å². The first-order valence-electron chi connectivity index (χ1n) is 8.97. The molecular weight excluding hydrogens is 408 g/mol. The summed E-state index contributed by atoms with van der Waals surface area (Å²) in [5.41, 5.74) is 2.79. The molecule has 2 rings (SSSR count). The lowest BCUT2D eigenvalue weighted by molar-refractivity contribution is 0.0752. The second-order valence-corrected chi connectivity index (χ2v) is 7.16. The number of halogens is 1. The average Bonchev–Trinajstić information content (AvgIpc) is 2.67. The lowest BCUT2D eigenvalue weighted by Crippen LogP contribution is -2.30. The summed E-state index contributed by atoms with van der Waals surface area (Å²) < 4.78 is 11.7. The van der Waals surface area contributed by atoms with Gasteiger partial charge in [0, 0.05) is 38.4 Å². The zero-order valence-corrected chi connectivity index (χ0v) is 18.2. The maximum atomic E-state index is 13.0. The van der Waals surface area contributed by atoms with E-state index in [-0.39, 0.29) is 5.91 Å². The van der Waals surface area contributed by atoms with Gasteiger partial charge in [-0.1, -0.05) is 12.1 Å². The fourth-order valence-corrected chi connectivity index (χ4v) is 3.31. The maximum absolute atomic E-state index is 13.0. The molecule has 0 aliphatic rings. The van der Waals surface area contributed by atoms with Crippen LogP contribution in [0.5, 0.6) is 11.5 Å². The summed E-state index contributed by atoms with van der Waals surface area (Å²) in [5, 5.41) is 0. The third-order valence-corrected chi connectivity index (χ3v) is 4.85. The number of benzene rings is 2. The van der Waals surface area contributed by atoms with Crippen LogP contribution in [0.4, 0.5) is 5.69 Å². The maximum Gasteiger partial charge on any atom is 0.254 e. The number of hydrogen-bond acceptors (Lipinski definition) is 4. The van der Waals surface area contributed by atoms with E-state index in [0.29, 0.717) is 41.2 Å². The van der Waals surface area contributed by atoms with Crippen LogP contribution in [-0.2, 0) is 6.54 Å². The van der Waals surface area contributed by atoms with Gasteiger partial charge in [-0.2, -0.15) is 0 Å². The highest BCUT2D eigenvalue weighted by molar-refractivity contribution is 9.10. The van der Waals surface area contributed by atoms with Gasteiger partial charge in [0.15, 0.2) is 11.5 Å². The van der Waals surface area contributed by atoms with Gasteiger partial charge in [0.2, 0.25) is 0 Å².